The molecule has 0 unspecified atom stereocenters. The first-order chi connectivity index (χ1) is 14.5. The van der Waals surface area contributed by atoms with Crippen molar-refractivity contribution in [2.75, 3.05) is 46.3 Å². The molecule has 4 rings (SSSR count). The molecular formula is C22H32ClN5O2. The molecule has 0 aliphatic carbocycles. The van der Waals surface area contributed by atoms with Gasteiger partial charge in [-0.15, -0.1) is 0 Å². The van der Waals surface area contributed by atoms with Crippen LogP contribution in [0.5, 0.6) is 0 Å². The summed E-state index contributed by atoms with van der Waals surface area (Å²) in [5.41, 5.74) is 1.14. The molecular weight excluding hydrogens is 402 g/mol. The van der Waals surface area contributed by atoms with E-state index in [1.807, 2.05) is 23.1 Å². The van der Waals surface area contributed by atoms with Crippen LogP contribution in [0.2, 0.25) is 5.02 Å². The van der Waals surface area contributed by atoms with Crippen LogP contribution in [0.3, 0.4) is 0 Å². The van der Waals surface area contributed by atoms with E-state index in [4.69, 9.17) is 11.6 Å². The van der Waals surface area contributed by atoms with E-state index in [1.165, 1.54) is 0 Å². The van der Waals surface area contributed by atoms with Crippen LogP contribution in [-0.2, 0) is 16.1 Å². The van der Waals surface area contributed by atoms with E-state index in [0.717, 1.165) is 62.7 Å². The van der Waals surface area contributed by atoms with E-state index in [1.54, 1.807) is 0 Å². The highest BCUT2D eigenvalue weighted by atomic mass is 35.5. The summed E-state index contributed by atoms with van der Waals surface area (Å²) in [4.78, 5) is 31.6. The Balaban J connectivity index is 1.29. The molecule has 1 aromatic carbocycles. The average molecular weight is 434 g/mol. The molecule has 3 fully saturated rings. The van der Waals surface area contributed by atoms with Crippen molar-refractivity contribution in [3.05, 3.63) is 34.9 Å². The number of benzene rings is 1. The summed E-state index contributed by atoms with van der Waals surface area (Å²) in [6, 6.07) is 8.24. The predicted octanol–water partition coefficient (Wildman–Crippen LogP) is 0.925. The van der Waals surface area contributed by atoms with Gasteiger partial charge in [-0.25, -0.2) is 0 Å². The number of hydrogen-bond donors (Lipinski definition) is 2. The van der Waals surface area contributed by atoms with E-state index < -0.39 is 0 Å². The zero-order valence-electron chi connectivity index (χ0n) is 17.6. The zero-order valence-corrected chi connectivity index (χ0v) is 18.4. The van der Waals surface area contributed by atoms with Crippen LogP contribution in [0.1, 0.15) is 24.8 Å². The molecule has 0 saturated carbocycles. The van der Waals surface area contributed by atoms with Crippen LogP contribution in [0.15, 0.2) is 24.3 Å². The average Bonchev–Trinajstić information content (AvgIpc) is 3.17. The number of halogens is 1. The molecule has 30 heavy (non-hydrogen) atoms. The first-order valence-electron chi connectivity index (χ1n) is 11.0. The molecule has 3 atom stereocenters. The molecule has 1 aromatic rings. The first-order valence-corrected chi connectivity index (χ1v) is 11.3. The van der Waals surface area contributed by atoms with Gasteiger partial charge in [0.2, 0.25) is 11.8 Å². The van der Waals surface area contributed by atoms with Crippen LogP contribution in [-0.4, -0.2) is 91.0 Å². The van der Waals surface area contributed by atoms with Crippen LogP contribution in [0, 0.1) is 0 Å². The van der Waals surface area contributed by atoms with Crippen LogP contribution >= 0.6 is 11.6 Å². The van der Waals surface area contributed by atoms with Gasteiger partial charge in [-0.1, -0.05) is 23.7 Å². The van der Waals surface area contributed by atoms with Gasteiger partial charge >= 0.3 is 0 Å². The number of fused-ring (bicyclic) bond motifs is 1. The molecule has 3 heterocycles. The smallest absolute Gasteiger partial charge is 0.237 e. The summed E-state index contributed by atoms with van der Waals surface area (Å²) < 4.78 is 0. The van der Waals surface area contributed by atoms with E-state index in [-0.39, 0.29) is 29.9 Å². The summed E-state index contributed by atoms with van der Waals surface area (Å²) in [7, 11) is 2.09. The minimum absolute atomic E-state index is 0.0978. The predicted molar refractivity (Wildman–Crippen MR) is 117 cm³/mol. The summed E-state index contributed by atoms with van der Waals surface area (Å²) in [6.07, 6.45) is 2.15. The maximum Gasteiger partial charge on any atom is 0.237 e. The SMILES string of the molecule is CN1CCN(C(=O)CC[C@H]2CNC(=O)[C@H]3C[C@H](NCc4cccc(Cl)c4)CN23)CC1. The van der Waals surface area contributed by atoms with Gasteiger partial charge in [-0.05, 0) is 37.6 Å². The molecule has 2 N–H and O–H groups in total. The maximum atomic E-state index is 12.6. The van der Waals surface area contributed by atoms with E-state index in [9.17, 15) is 9.59 Å². The van der Waals surface area contributed by atoms with E-state index in [0.29, 0.717) is 13.0 Å². The number of carbonyl (C=O) groups is 2. The Bertz CT molecular complexity index is 768. The maximum absolute atomic E-state index is 12.6. The largest absolute Gasteiger partial charge is 0.353 e. The molecule has 8 heteroatoms. The van der Waals surface area contributed by atoms with Crippen LogP contribution in [0.4, 0.5) is 0 Å². The zero-order chi connectivity index (χ0) is 21.1. The third-order valence-corrected chi connectivity index (χ3v) is 6.89. The van der Waals surface area contributed by atoms with Gasteiger partial charge in [-0.3, -0.25) is 14.5 Å². The molecule has 164 valence electrons. The topological polar surface area (TPSA) is 67.9 Å². The van der Waals surface area contributed by atoms with Gasteiger partial charge in [0, 0.05) is 69.3 Å². The van der Waals surface area contributed by atoms with Gasteiger partial charge in [0.05, 0.1) is 6.04 Å². The molecule has 3 aliphatic heterocycles. The number of amides is 2. The monoisotopic (exact) mass is 433 g/mol. The Hall–Kier alpha value is -1.67. The van der Waals surface area contributed by atoms with Gasteiger partial charge in [0.1, 0.15) is 0 Å². The van der Waals surface area contributed by atoms with Crippen LogP contribution in [0.25, 0.3) is 0 Å². The van der Waals surface area contributed by atoms with Gasteiger partial charge < -0.3 is 20.4 Å². The quantitative estimate of drug-likeness (QED) is 0.698. The molecule has 0 spiro atoms. The summed E-state index contributed by atoms with van der Waals surface area (Å²) in [5, 5.41) is 7.38. The first kappa shape index (κ1) is 21.6. The van der Waals surface area contributed by atoms with E-state index >= 15 is 0 Å². The second-order valence-corrected chi connectivity index (χ2v) is 9.21. The third-order valence-electron chi connectivity index (χ3n) is 6.65. The Morgan fingerprint density at radius 2 is 2.07 bits per heavy atom. The fourth-order valence-corrected chi connectivity index (χ4v) is 5.02. The Morgan fingerprint density at radius 3 is 2.83 bits per heavy atom. The molecule has 0 aromatic heterocycles. The number of nitrogens with one attached hydrogen (secondary N) is 2. The van der Waals surface area contributed by atoms with Gasteiger partial charge in [0.25, 0.3) is 0 Å². The fourth-order valence-electron chi connectivity index (χ4n) is 4.80. The second-order valence-electron chi connectivity index (χ2n) is 8.78. The molecule has 0 bridgehead atoms. The lowest BCUT2D eigenvalue weighted by atomic mass is 10.0. The normalized spacial score (nSPS) is 27.7. The van der Waals surface area contributed by atoms with Crippen molar-refractivity contribution < 1.29 is 9.59 Å². The second kappa shape index (κ2) is 9.64. The van der Waals surface area contributed by atoms with Crippen molar-refractivity contribution in [3.8, 4) is 0 Å². The highest BCUT2D eigenvalue weighted by Gasteiger charge is 2.43. The van der Waals surface area contributed by atoms with Crippen molar-refractivity contribution in [2.45, 2.75) is 43.9 Å². The number of rotatable bonds is 6. The summed E-state index contributed by atoms with van der Waals surface area (Å²) in [5.74, 6) is 0.357. The standard InChI is InChI=1S/C22H32ClN5O2/c1-26-7-9-27(10-8-26)21(29)6-5-19-14-25-22(30)20-12-18(15-28(19)20)24-13-16-3-2-4-17(23)11-16/h2-4,11,18-20,24H,5-10,12-15H2,1H3,(H,25,30)/t18-,19-,20+/m0/s1. The minimum Gasteiger partial charge on any atom is -0.353 e. The molecule has 0 radical (unpaired) electrons. The number of carbonyl (C=O) groups excluding carboxylic acids is 2. The van der Waals surface area contributed by atoms with Crippen molar-refractivity contribution >= 4 is 23.4 Å². The highest BCUT2D eigenvalue weighted by Crippen LogP contribution is 2.26. The van der Waals surface area contributed by atoms with Gasteiger partial charge in [0.15, 0.2) is 0 Å². The third kappa shape index (κ3) is 5.14. The van der Waals surface area contributed by atoms with Crippen molar-refractivity contribution in [1.29, 1.82) is 0 Å². The van der Waals surface area contributed by atoms with E-state index in [2.05, 4.69) is 33.5 Å². The van der Waals surface area contributed by atoms with Crippen molar-refractivity contribution in [3.63, 3.8) is 0 Å². The summed E-state index contributed by atoms with van der Waals surface area (Å²) >= 11 is 6.08. The fraction of sp³-hybridized carbons (Fsp3) is 0.636. The minimum atomic E-state index is -0.0978. The lowest BCUT2D eigenvalue weighted by molar-refractivity contribution is -0.133. The molecule has 3 aliphatic rings. The molecule has 2 amide bonds. The van der Waals surface area contributed by atoms with Gasteiger partial charge in [-0.2, -0.15) is 0 Å². The van der Waals surface area contributed by atoms with Crippen molar-refractivity contribution in [1.82, 2.24) is 25.3 Å². The molecule has 3 saturated heterocycles. The Morgan fingerprint density at radius 1 is 1.27 bits per heavy atom. The number of nitrogens with zero attached hydrogens (tertiary/aromatic N) is 3. The Labute approximate surface area is 183 Å². The number of piperazine rings is 2. The lowest BCUT2D eigenvalue weighted by Gasteiger charge is -2.38. The number of likely N-dealkylation sites (N-methyl/N-ethyl adjacent to an activating group) is 1. The molecule has 7 nitrogen and oxygen atoms in total. The highest BCUT2D eigenvalue weighted by molar-refractivity contribution is 6.30. The van der Waals surface area contributed by atoms with Crippen LogP contribution < -0.4 is 10.6 Å². The Kier molecular flexibility index (Phi) is 6.93. The van der Waals surface area contributed by atoms with Crippen molar-refractivity contribution in [2.24, 2.45) is 0 Å². The lowest BCUT2D eigenvalue weighted by Crippen LogP contribution is -2.58. The summed E-state index contributed by atoms with van der Waals surface area (Å²) in [6.45, 7) is 5.73. The number of hydrogen-bond acceptors (Lipinski definition) is 5.